The van der Waals surface area contributed by atoms with Gasteiger partial charge in [0.25, 0.3) is 0 Å². The second-order valence-electron chi connectivity index (χ2n) is 7.98. The van der Waals surface area contributed by atoms with E-state index in [1.165, 1.54) is 0 Å². The molecule has 0 aliphatic carbocycles. The zero-order chi connectivity index (χ0) is 20.9. The number of benzene rings is 2. The molecule has 0 amide bonds. The standard InChI is InChI=1S/C23H29N5O2/c1-27-7-2-8-28(10-9-27)15-21(29)16-30-22-6-5-17-11-18(3-4-19(17)12-22)20-13-25-23(24)26-14-20/h3-6,11-14,21,29H,2,7-10,15-16H2,1H3,(H2,24,25,26). The minimum absolute atomic E-state index is 0.270. The first kappa shape index (κ1) is 20.5. The van der Waals surface area contributed by atoms with Crippen LogP contribution in [-0.4, -0.2) is 77.4 Å². The van der Waals surface area contributed by atoms with Gasteiger partial charge in [0.2, 0.25) is 5.95 Å². The minimum atomic E-state index is -0.503. The Labute approximate surface area is 177 Å². The van der Waals surface area contributed by atoms with E-state index in [0.717, 1.165) is 60.2 Å². The number of hydrogen-bond acceptors (Lipinski definition) is 7. The summed E-state index contributed by atoms with van der Waals surface area (Å²) in [4.78, 5) is 12.8. The second-order valence-corrected chi connectivity index (χ2v) is 7.98. The molecule has 0 bridgehead atoms. The van der Waals surface area contributed by atoms with E-state index in [1.54, 1.807) is 12.4 Å². The summed E-state index contributed by atoms with van der Waals surface area (Å²) in [5.41, 5.74) is 7.53. The maximum Gasteiger partial charge on any atom is 0.219 e. The van der Waals surface area contributed by atoms with Gasteiger partial charge in [-0.2, -0.15) is 0 Å². The van der Waals surface area contributed by atoms with Crippen LogP contribution in [0.4, 0.5) is 5.95 Å². The van der Waals surface area contributed by atoms with E-state index >= 15 is 0 Å². The highest BCUT2D eigenvalue weighted by Gasteiger charge is 2.16. The molecule has 1 aliphatic heterocycles. The number of aliphatic hydroxyl groups is 1. The third-order valence-electron chi connectivity index (χ3n) is 5.54. The van der Waals surface area contributed by atoms with Gasteiger partial charge >= 0.3 is 0 Å². The van der Waals surface area contributed by atoms with Gasteiger partial charge in [-0.15, -0.1) is 0 Å². The third-order valence-corrected chi connectivity index (χ3v) is 5.54. The van der Waals surface area contributed by atoms with Gasteiger partial charge in [0.15, 0.2) is 0 Å². The van der Waals surface area contributed by atoms with Crippen LogP contribution in [0.2, 0.25) is 0 Å². The SMILES string of the molecule is CN1CCCN(CC(O)COc2ccc3cc(-c4cnc(N)nc4)ccc3c2)CC1. The van der Waals surface area contributed by atoms with Crippen molar-refractivity contribution in [2.75, 3.05) is 52.1 Å². The molecule has 0 radical (unpaired) electrons. The van der Waals surface area contributed by atoms with Crippen LogP contribution in [-0.2, 0) is 0 Å². The van der Waals surface area contributed by atoms with Crippen LogP contribution in [0.3, 0.4) is 0 Å². The van der Waals surface area contributed by atoms with Crippen molar-refractivity contribution in [3.8, 4) is 16.9 Å². The highest BCUT2D eigenvalue weighted by molar-refractivity contribution is 5.88. The van der Waals surface area contributed by atoms with Crippen molar-refractivity contribution in [1.29, 1.82) is 0 Å². The van der Waals surface area contributed by atoms with Crippen LogP contribution < -0.4 is 10.5 Å². The number of nitrogens with two attached hydrogens (primary N) is 1. The zero-order valence-corrected chi connectivity index (χ0v) is 17.4. The number of anilines is 1. The average Bonchev–Trinajstić information content (AvgIpc) is 2.96. The molecular formula is C23H29N5O2. The average molecular weight is 408 g/mol. The Kier molecular flexibility index (Phi) is 6.42. The molecule has 3 aromatic rings. The summed E-state index contributed by atoms with van der Waals surface area (Å²) in [5, 5.41) is 12.6. The lowest BCUT2D eigenvalue weighted by atomic mass is 10.0. The van der Waals surface area contributed by atoms with Crippen molar-refractivity contribution in [1.82, 2.24) is 19.8 Å². The Morgan fingerprint density at radius 1 is 1.00 bits per heavy atom. The molecular weight excluding hydrogens is 378 g/mol. The van der Waals surface area contributed by atoms with Gasteiger partial charge in [0.05, 0.1) is 0 Å². The summed E-state index contributed by atoms with van der Waals surface area (Å²) in [6.45, 7) is 5.12. The van der Waals surface area contributed by atoms with Gasteiger partial charge in [0.1, 0.15) is 18.5 Å². The number of hydrogen-bond donors (Lipinski definition) is 2. The van der Waals surface area contributed by atoms with Crippen LogP contribution in [0.1, 0.15) is 6.42 Å². The highest BCUT2D eigenvalue weighted by Crippen LogP contribution is 2.26. The van der Waals surface area contributed by atoms with Gasteiger partial charge in [-0.05, 0) is 61.1 Å². The van der Waals surface area contributed by atoms with Crippen molar-refractivity contribution in [3.63, 3.8) is 0 Å². The van der Waals surface area contributed by atoms with E-state index in [4.69, 9.17) is 10.5 Å². The van der Waals surface area contributed by atoms with Crippen molar-refractivity contribution in [3.05, 3.63) is 48.8 Å². The predicted octanol–water partition coefficient (Wildman–Crippen LogP) is 2.26. The Morgan fingerprint density at radius 2 is 1.77 bits per heavy atom. The lowest BCUT2D eigenvalue weighted by molar-refractivity contribution is 0.0696. The molecule has 4 rings (SSSR count). The Bertz CT molecular complexity index is 979. The van der Waals surface area contributed by atoms with Crippen molar-refractivity contribution in [2.24, 2.45) is 0 Å². The number of aliphatic hydroxyl groups excluding tert-OH is 1. The largest absolute Gasteiger partial charge is 0.491 e. The van der Waals surface area contributed by atoms with Crippen LogP contribution in [0, 0.1) is 0 Å². The van der Waals surface area contributed by atoms with Crippen molar-refractivity contribution in [2.45, 2.75) is 12.5 Å². The van der Waals surface area contributed by atoms with Crippen molar-refractivity contribution < 1.29 is 9.84 Å². The first-order valence-electron chi connectivity index (χ1n) is 10.4. The number of aromatic nitrogens is 2. The molecule has 0 spiro atoms. The summed E-state index contributed by atoms with van der Waals surface area (Å²) in [6, 6.07) is 12.2. The van der Waals surface area contributed by atoms with Gasteiger partial charge in [-0.25, -0.2) is 9.97 Å². The van der Waals surface area contributed by atoms with E-state index in [-0.39, 0.29) is 5.95 Å². The Hall–Kier alpha value is -2.74. The van der Waals surface area contributed by atoms with Gasteiger partial charge in [-0.3, -0.25) is 4.90 Å². The molecule has 1 atom stereocenters. The van der Waals surface area contributed by atoms with Crippen LogP contribution >= 0.6 is 0 Å². The van der Waals surface area contributed by atoms with E-state index in [0.29, 0.717) is 13.2 Å². The second kappa shape index (κ2) is 9.38. The number of likely N-dealkylation sites (N-methyl/N-ethyl adjacent to an activating group) is 1. The molecule has 7 heteroatoms. The number of β-amino-alcohol motifs (C(OH)–C–C–N with tert-alkyl or cyclic N) is 1. The van der Waals surface area contributed by atoms with Gasteiger partial charge in [0, 0.05) is 37.6 Å². The number of ether oxygens (including phenoxy) is 1. The summed E-state index contributed by atoms with van der Waals surface area (Å²) in [7, 11) is 2.15. The minimum Gasteiger partial charge on any atom is -0.491 e. The number of fused-ring (bicyclic) bond motifs is 1. The molecule has 2 aromatic carbocycles. The summed E-state index contributed by atoms with van der Waals surface area (Å²) >= 11 is 0. The molecule has 0 saturated carbocycles. The first-order chi connectivity index (χ1) is 14.6. The first-order valence-corrected chi connectivity index (χ1v) is 10.4. The van der Waals surface area contributed by atoms with Gasteiger partial charge in [-0.1, -0.05) is 18.2 Å². The smallest absolute Gasteiger partial charge is 0.219 e. The van der Waals surface area contributed by atoms with Crippen molar-refractivity contribution >= 4 is 16.7 Å². The molecule has 7 nitrogen and oxygen atoms in total. The molecule has 1 saturated heterocycles. The van der Waals surface area contributed by atoms with E-state index in [2.05, 4.69) is 38.9 Å². The maximum absolute atomic E-state index is 10.4. The number of nitrogen functional groups attached to an aromatic ring is 1. The number of rotatable bonds is 6. The molecule has 3 N–H and O–H groups in total. The van der Waals surface area contributed by atoms with Gasteiger partial charge < -0.3 is 20.5 Å². The highest BCUT2D eigenvalue weighted by atomic mass is 16.5. The quantitative estimate of drug-likeness (QED) is 0.648. The molecule has 1 fully saturated rings. The van der Waals surface area contributed by atoms with E-state index in [1.807, 2.05) is 24.3 Å². The lowest BCUT2D eigenvalue weighted by Crippen LogP contribution is -2.37. The summed E-state index contributed by atoms with van der Waals surface area (Å²) < 4.78 is 5.88. The third kappa shape index (κ3) is 5.24. The molecule has 2 heterocycles. The van der Waals surface area contributed by atoms with Crippen LogP contribution in [0.25, 0.3) is 21.9 Å². The Morgan fingerprint density at radius 3 is 2.60 bits per heavy atom. The van der Waals surface area contributed by atoms with Crippen LogP contribution in [0.15, 0.2) is 48.8 Å². The summed E-state index contributed by atoms with van der Waals surface area (Å²) in [6.07, 6.45) is 4.09. The molecule has 1 aliphatic rings. The fourth-order valence-corrected chi connectivity index (χ4v) is 3.81. The van der Waals surface area contributed by atoms with E-state index in [9.17, 15) is 5.11 Å². The molecule has 158 valence electrons. The molecule has 1 unspecified atom stereocenters. The molecule has 30 heavy (non-hydrogen) atoms. The summed E-state index contributed by atoms with van der Waals surface area (Å²) in [5.74, 6) is 1.03. The predicted molar refractivity (Wildman–Crippen MR) is 119 cm³/mol. The maximum atomic E-state index is 10.4. The van der Waals surface area contributed by atoms with E-state index < -0.39 is 6.10 Å². The normalized spacial score (nSPS) is 17.0. The number of nitrogens with zero attached hydrogens (tertiary/aromatic N) is 4. The van der Waals surface area contributed by atoms with Crippen LogP contribution in [0.5, 0.6) is 5.75 Å². The molecule has 1 aromatic heterocycles. The lowest BCUT2D eigenvalue weighted by Gasteiger charge is -2.23. The Balaban J connectivity index is 1.36. The zero-order valence-electron chi connectivity index (χ0n) is 17.4. The topological polar surface area (TPSA) is 87.7 Å². The fraction of sp³-hybridized carbons (Fsp3) is 0.391. The monoisotopic (exact) mass is 407 g/mol. The fourth-order valence-electron chi connectivity index (χ4n) is 3.81.